The van der Waals surface area contributed by atoms with Gasteiger partial charge in [0.1, 0.15) is 11.5 Å². The van der Waals surface area contributed by atoms with Crippen LogP contribution < -0.4 is 5.43 Å². The third kappa shape index (κ3) is 5.15. The highest BCUT2D eigenvalue weighted by Gasteiger charge is 2.25. The number of rotatable bonds is 5. The number of hydrogen-bond donors (Lipinski definition) is 1. The number of benzene rings is 2. The van der Waals surface area contributed by atoms with Gasteiger partial charge in [0, 0.05) is 29.7 Å². The molecule has 0 radical (unpaired) electrons. The van der Waals surface area contributed by atoms with Gasteiger partial charge in [-0.1, -0.05) is 30.2 Å². The molecule has 0 unspecified atom stereocenters. The number of amides is 1. The van der Waals surface area contributed by atoms with Crippen LogP contribution in [0.2, 0.25) is 5.02 Å². The molecule has 172 valence electrons. The van der Waals surface area contributed by atoms with Gasteiger partial charge >= 0.3 is 0 Å². The molecule has 0 spiro atoms. The zero-order valence-corrected chi connectivity index (χ0v) is 19.3. The topological polar surface area (TPSA) is 50.2 Å². The Morgan fingerprint density at radius 2 is 1.79 bits per heavy atom. The summed E-state index contributed by atoms with van der Waals surface area (Å²) in [5.41, 5.74) is 6.01. The average Bonchev–Trinajstić information content (AvgIpc) is 3.13. The molecule has 1 N–H and O–H groups in total. The van der Waals surface area contributed by atoms with Crippen LogP contribution in [0.5, 0.6) is 0 Å². The first-order valence-electron chi connectivity index (χ1n) is 10.9. The molecule has 1 fully saturated rings. The smallest absolute Gasteiger partial charge is 0.283 e. The van der Waals surface area contributed by atoms with E-state index in [9.17, 15) is 13.6 Å². The Morgan fingerprint density at radius 1 is 1.09 bits per heavy atom. The fraction of sp³-hybridized carbons (Fsp3) is 0.280. The van der Waals surface area contributed by atoms with Gasteiger partial charge in [0.2, 0.25) is 0 Å². The number of nitrogens with zero attached hydrogens (tertiary/aromatic N) is 3. The number of hydrazine groups is 1. The zero-order valence-electron chi connectivity index (χ0n) is 18.5. The van der Waals surface area contributed by atoms with Crippen molar-refractivity contribution in [3.63, 3.8) is 0 Å². The molecule has 8 heteroatoms. The first-order chi connectivity index (χ1) is 15.8. The van der Waals surface area contributed by atoms with E-state index in [1.807, 2.05) is 30.1 Å². The predicted octanol–water partition coefficient (Wildman–Crippen LogP) is 5.80. The van der Waals surface area contributed by atoms with Crippen LogP contribution in [0.1, 0.15) is 53.5 Å². The van der Waals surface area contributed by atoms with Crippen LogP contribution in [0.3, 0.4) is 0 Å². The summed E-state index contributed by atoms with van der Waals surface area (Å²) in [6, 6.07) is 10.6. The van der Waals surface area contributed by atoms with Crippen LogP contribution in [0.4, 0.5) is 8.78 Å². The van der Waals surface area contributed by atoms with Gasteiger partial charge in [0.15, 0.2) is 11.5 Å². The van der Waals surface area contributed by atoms with Crippen LogP contribution in [0.15, 0.2) is 42.5 Å². The van der Waals surface area contributed by atoms with Gasteiger partial charge in [-0.05, 0) is 68.2 Å². The van der Waals surface area contributed by atoms with Crippen LogP contribution >= 0.6 is 11.6 Å². The summed E-state index contributed by atoms with van der Waals surface area (Å²) in [6.07, 6.45) is 5.08. The van der Waals surface area contributed by atoms with Gasteiger partial charge in [-0.2, -0.15) is 5.10 Å². The number of piperidine rings is 1. The maximum atomic E-state index is 14.7. The van der Waals surface area contributed by atoms with Crippen molar-refractivity contribution in [1.29, 1.82) is 0 Å². The first kappa shape index (κ1) is 23.1. The van der Waals surface area contributed by atoms with E-state index in [2.05, 4.69) is 10.5 Å². The van der Waals surface area contributed by atoms with Crippen molar-refractivity contribution < 1.29 is 13.6 Å². The minimum absolute atomic E-state index is 0.0652. The van der Waals surface area contributed by atoms with Crippen molar-refractivity contribution in [1.82, 2.24) is 20.2 Å². The number of hydrogen-bond acceptors (Lipinski definition) is 3. The maximum absolute atomic E-state index is 14.7. The predicted molar refractivity (Wildman–Crippen MR) is 126 cm³/mol. The number of nitrogens with one attached hydrogen (secondary N) is 1. The molecule has 1 amide bonds. The Morgan fingerprint density at radius 3 is 2.45 bits per heavy atom. The molecule has 33 heavy (non-hydrogen) atoms. The molecule has 3 aromatic rings. The number of aromatic nitrogens is 2. The van der Waals surface area contributed by atoms with Crippen molar-refractivity contribution in [3.05, 3.63) is 81.6 Å². The van der Waals surface area contributed by atoms with E-state index in [1.165, 1.54) is 16.8 Å². The molecule has 0 aliphatic carbocycles. The largest absolute Gasteiger partial charge is 0.286 e. The second-order valence-electron chi connectivity index (χ2n) is 8.20. The Labute approximate surface area is 196 Å². The molecule has 1 saturated heterocycles. The normalized spacial score (nSPS) is 15.0. The van der Waals surface area contributed by atoms with E-state index in [0.717, 1.165) is 49.6 Å². The van der Waals surface area contributed by atoms with Crippen molar-refractivity contribution in [2.75, 3.05) is 13.1 Å². The lowest BCUT2D eigenvalue weighted by molar-refractivity contribution is 0.0743. The molecule has 1 aromatic heterocycles. The van der Waals surface area contributed by atoms with E-state index in [1.54, 1.807) is 19.1 Å². The van der Waals surface area contributed by atoms with E-state index in [-0.39, 0.29) is 17.3 Å². The second kappa shape index (κ2) is 9.85. The summed E-state index contributed by atoms with van der Waals surface area (Å²) in [7, 11) is 0. The van der Waals surface area contributed by atoms with Gasteiger partial charge in [0.25, 0.3) is 5.91 Å². The molecule has 5 nitrogen and oxygen atoms in total. The lowest BCUT2D eigenvalue weighted by atomic mass is 10.0. The van der Waals surface area contributed by atoms with Crippen molar-refractivity contribution in [3.8, 4) is 5.69 Å². The molecular formula is C25H25ClF2N4O. The van der Waals surface area contributed by atoms with E-state index < -0.39 is 11.6 Å². The molecular weight excluding hydrogens is 446 g/mol. The highest BCUT2D eigenvalue weighted by atomic mass is 35.5. The lowest BCUT2D eigenvalue weighted by Gasteiger charge is -2.26. The molecule has 1 aliphatic heterocycles. The Balaban J connectivity index is 1.78. The fourth-order valence-electron chi connectivity index (χ4n) is 4.08. The van der Waals surface area contributed by atoms with E-state index >= 15 is 0 Å². The van der Waals surface area contributed by atoms with E-state index in [4.69, 9.17) is 11.6 Å². The van der Waals surface area contributed by atoms with Gasteiger partial charge in [-0.15, -0.1) is 0 Å². The minimum atomic E-state index is -0.763. The molecule has 4 rings (SSSR count). The van der Waals surface area contributed by atoms with Gasteiger partial charge < -0.3 is 0 Å². The number of halogens is 3. The van der Waals surface area contributed by atoms with Crippen LogP contribution in [-0.4, -0.2) is 33.8 Å². The maximum Gasteiger partial charge on any atom is 0.286 e. The van der Waals surface area contributed by atoms with Crippen molar-refractivity contribution in [2.24, 2.45) is 0 Å². The standard InChI is InChI=1S/C25H25ClF2N4O/c1-16(14-18-6-8-19(26)9-7-18)24-17(2)23(25(33)30-31-12-4-3-5-13-31)29-32(24)22-11-10-20(27)15-21(22)28/h6-11,14-15H,3-5,12-13H2,1-2H3,(H,30,33). The molecule has 2 heterocycles. The number of carbonyl (C=O) groups excluding carboxylic acids is 1. The SMILES string of the molecule is CC(=Cc1ccc(Cl)cc1)c1c(C)c(C(=O)NN2CCCCC2)nn1-c1ccc(F)cc1F. The molecule has 0 bridgehead atoms. The van der Waals surface area contributed by atoms with Crippen molar-refractivity contribution >= 4 is 29.2 Å². The average molecular weight is 471 g/mol. The second-order valence-corrected chi connectivity index (χ2v) is 8.63. The fourth-order valence-corrected chi connectivity index (χ4v) is 4.21. The first-order valence-corrected chi connectivity index (χ1v) is 11.3. The Hall–Kier alpha value is -3.03. The van der Waals surface area contributed by atoms with Crippen LogP contribution in [-0.2, 0) is 0 Å². The summed E-state index contributed by atoms with van der Waals surface area (Å²) in [5.74, 6) is -1.80. The lowest BCUT2D eigenvalue weighted by Crippen LogP contribution is -2.45. The third-order valence-corrected chi connectivity index (χ3v) is 5.97. The van der Waals surface area contributed by atoms with Crippen LogP contribution in [0.25, 0.3) is 17.3 Å². The monoisotopic (exact) mass is 470 g/mol. The zero-order chi connectivity index (χ0) is 23.5. The summed E-state index contributed by atoms with van der Waals surface area (Å²) in [4.78, 5) is 13.1. The summed E-state index contributed by atoms with van der Waals surface area (Å²) in [6.45, 7) is 5.20. The molecule has 0 saturated carbocycles. The van der Waals surface area contributed by atoms with Gasteiger partial charge in [0.05, 0.1) is 5.69 Å². The van der Waals surface area contributed by atoms with Gasteiger partial charge in [-0.3, -0.25) is 10.2 Å². The Bertz CT molecular complexity index is 1200. The van der Waals surface area contributed by atoms with Crippen LogP contribution in [0, 0.1) is 18.6 Å². The van der Waals surface area contributed by atoms with Crippen molar-refractivity contribution in [2.45, 2.75) is 33.1 Å². The Kier molecular flexibility index (Phi) is 6.91. The quantitative estimate of drug-likeness (QED) is 0.512. The minimum Gasteiger partial charge on any atom is -0.283 e. The number of allylic oxidation sites excluding steroid dienone is 1. The third-order valence-electron chi connectivity index (χ3n) is 5.72. The van der Waals surface area contributed by atoms with Gasteiger partial charge in [-0.25, -0.2) is 18.5 Å². The summed E-state index contributed by atoms with van der Waals surface area (Å²) < 4.78 is 29.6. The van der Waals surface area contributed by atoms with E-state index in [0.29, 0.717) is 16.3 Å². The summed E-state index contributed by atoms with van der Waals surface area (Å²) >= 11 is 5.99. The number of carbonyl (C=O) groups is 1. The molecule has 0 atom stereocenters. The molecule has 1 aliphatic rings. The highest BCUT2D eigenvalue weighted by Crippen LogP contribution is 2.28. The highest BCUT2D eigenvalue weighted by molar-refractivity contribution is 6.30. The molecule has 2 aromatic carbocycles. The summed E-state index contributed by atoms with van der Waals surface area (Å²) in [5, 5.41) is 6.98.